The van der Waals surface area contributed by atoms with E-state index in [0.717, 1.165) is 12.0 Å². The van der Waals surface area contributed by atoms with Crippen LogP contribution in [0.5, 0.6) is 0 Å². The predicted octanol–water partition coefficient (Wildman–Crippen LogP) is 2.71. The zero-order valence-corrected chi connectivity index (χ0v) is 12.5. The number of aromatic amines is 1. The van der Waals surface area contributed by atoms with Crippen LogP contribution in [0.2, 0.25) is 0 Å². The van der Waals surface area contributed by atoms with E-state index in [-0.39, 0.29) is 5.56 Å². The molecule has 1 N–H and O–H groups in total. The number of nitrogens with one attached hydrogen (secondary N) is 1. The summed E-state index contributed by atoms with van der Waals surface area (Å²) in [6.45, 7) is 0.300. The van der Waals surface area contributed by atoms with E-state index in [1.807, 2.05) is 18.2 Å². The summed E-state index contributed by atoms with van der Waals surface area (Å²) in [5.74, 6) is -0.474. The van der Waals surface area contributed by atoms with Crippen LogP contribution >= 0.6 is 0 Å². The van der Waals surface area contributed by atoms with Gasteiger partial charge < -0.3 is 9.72 Å². The lowest BCUT2D eigenvalue weighted by Crippen LogP contribution is -2.13. The van der Waals surface area contributed by atoms with Crippen LogP contribution in [0.3, 0.4) is 0 Å². The van der Waals surface area contributed by atoms with Crippen LogP contribution in [0.1, 0.15) is 22.3 Å². The van der Waals surface area contributed by atoms with Gasteiger partial charge >= 0.3 is 5.97 Å². The van der Waals surface area contributed by atoms with Crippen molar-refractivity contribution in [2.45, 2.75) is 12.8 Å². The van der Waals surface area contributed by atoms with Crippen molar-refractivity contribution < 1.29 is 9.53 Å². The number of aromatic nitrogens is 2. The second kappa shape index (κ2) is 6.87. The number of hydrogen-bond acceptors (Lipinski definition) is 4. The molecule has 0 bridgehead atoms. The highest BCUT2D eigenvalue weighted by atomic mass is 16.5. The third kappa shape index (κ3) is 3.63. The number of fused-ring (bicyclic) bond motifs is 1. The number of ether oxygens (including phenoxy) is 1. The fourth-order valence-corrected chi connectivity index (χ4v) is 2.44. The number of benzene rings is 1. The van der Waals surface area contributed by atoms with E-state index in [9.17, 15) is 9.59 Å². The van der Waals surface area contributed by atoms with Crippen LogP contribution < -0.4 is 5.56 Å². The highest BCUT2D eigenvalue weighted by Crippen LogP contribution is 2.15. The lowest BCUT2D eigenvalue weighted by Gasteiger charge is -2.07. The van der Waals surface area contributed by atoms with E-state index < -0.39 is 5.97 Å². The third-order valence-corrected chi connectivity index (χ3v) is 3.54. The highest BCUT2D eigenvalue weighted by Gasteiger charge is 2.12. The number of H-pyrrole nitrogens is 1. The summed E-state index contributed by atoms with van der Waals surface area (Å²) in [6, 6.07) is 12.3. The highest BCUT2D eigenvalue weighted by molar-refractivity contribution is 6.03. The molecule has 0 saturated heterocycles. The van der Waals surface area contributed by atoms with E-state index >= 15 is 0 Å². The molecule has 0 fully saturated rings. The molecule has 5 heteroatoms. The Kier molecular flexibility index (Phi) is 4.47. The van der Waals surface area contributed by atoms with E-state index in [0.29, 0.717) is 29.5 Å². The number of esters is 1. The van der Waals surface area contributed by atoms with E-state index in [1.165, 1.54) is 6.07 Å². The Hall–Kier alpha value is -2.95. The molecule has 0 unspecified atom stereocenters. The minimum absolute atomic E-state index is 0.297. The summed E-state index contributed by atoms with van der Waals surface area (Å²) < 4.78 is 5.30. The van der Waals surface area contributed by atoms with Crippen molar-refractivity contribution in [3.8, 4) is 0 Å². The largest absolute Gasteiger partial charge is 0.462 e. The summed E-state index contributed by atoms with van der Waals surface area (Å²) in [5, 5.41) is 0.685. The minimum atomic E-state index is -0.474. The molecule has 1 aromatic carbocycles. The first-order valence-corrected chi connectivity index (χ1v) is 7.42. The van der Waals surface area contributed by atoms with Crippen molar-refractivity contribution >= 4 is 16.9 Å². The van der Waals surface area contributed by atoms with Gasteiger partial charge in [-0.3, -0.25) is 9.78 Å². The van der Waals surface area contributed by atoms with Crippen molar-refractivity contribution in [1.29, 1.82) is 0 Å². The molecule has 0 atom stereocenters. The number of nitrogens with zero attached hydrogens (tertiary/aromatic N) is 1. The molecule has 0 spiro atoms. The summed E-state index contributed by atoms with van der Waals surface area (Å²) in [5.41, 5.74) is 1.71. The molecular formula is C18H16N2O3. The van der Waals surface area contributed by atoms with Crippen LogP contribution in [0, 0.1) is 0 Å². The fraction of sp³-hybridized carbons (Fsp3) is 0.167. The molecule has 0 aliphatic heterocycles. The first-order chi connectivity index (χ1) is 11.2. The van der Waals surface area contributed by atoms with Gasteiger partial charge in [-0.2, -0.15) is 0 Å². The minimum Gasteiger partial charge on any atom is -0.462 e. The Bertz CT molecular complexity index is 872. The first-order valence-electron chi connectivity index (χ1n) is 7.42. The van der Waals surface area contributed by atoms with Crippen molar-refractivity contribution in [1.82, 2.24) is 9.97 Å². The number of hydrogen-bond donors (Lipinski definition) is 1. The maximum absolute atomic E-state index is 12.2. The molecule has 5 nitrogen and oxygen atoms in total. The summed E-state index contributed by atoms with van der Waals surface area (Å²) >= 11 is 0. The molecule has 0 saturated carbocycles. The Morgan fingerprint density at radius 2 is 2.04 bits per heavy atom. The fourth-order valence-electron chi connectivity index (χ4n) is 2.44. The summed E-state index contributed by atoms with van der Waals surface area (Å²) in [6.07, 6.45) is 5.02. The van der Waals surface area contributed by atoms with Gasteiger partial charge in [-0.15, -0.1) is 0 Å². The van der Waals surface area contributed by atoms with Gasteiger partial charge in [0.25, 0.3) is 0 Å². The molecule has 23 heavy (non-hydrogen) atoms. The Balaban J connectivity index is 1.66. The Morgan fingerprint density at radius 3 is 2.87 bits per heavy atom. The quantitative estimate of drug-likeness (QED) is 0.581. The topological polar surface area (TPSA) is 72.0 Å². The van der Waals surface area contributed by atoms with Crippen LogP contribution in [0.15, 0.2) is 59.7 Å². The number of aryl methyl sites for hydroxylation is 1. The number of carbonyl (C=O) groups is 1. The molecule has 0 amide bonds. The van der Waals surface area contributed by atoms with Crippen LogP contribution in [-0.4, -0.2) is 22.5 Å². The molecule has 0 radical (unpaired) electrons. The maximum atomic E-state index is 12.2. The molecule has 0 aliphatic rings. The number of para-hydroxylation sites is 1. The molecular weight excluding hydrogens is 292 g/mol. The van der Waals surface area contributed by atoms with Crippen LogP contribution in [-0.2, 0) is 11.2 Å². The van der Waals surface area contributed by atoms with Gasteiger partial charge in [-0.1, -0.05) is 24.3 Å². The molecule has 0 aliphatic carbocycles. The molecule has 116 valence electrons. The Labute approximate surface area is 133 Å². The number of carbonyl (C=O) groups excluding carboxylic acids is 1. The van der Waals surface area contributed by atoms with Gasteiger partial charge in [-0.05, 0) is 30.5 Å². The van der Waals surface area contributed by atoms with E-state index in [4.69, 9.17) is 4.74 Å². The first kappa shape index (κ1) is 15.0. The van der Waals surface area contributed by atoms with Gasteiger partial charge in [0.15, 0.2) is 0 Å². The SMILES string of the molecule is O=C(OCCCc1cccnc1)c1cc(=O)[nH]c2ccccc12. The van der Waals surface area contributed by atoms with Gasteiger partial charge in [-0.25, -0.2) is 4.79 Å². The predicted molar refractivity (Wildman–Crippen MR) is 87.4 cm³/mol. The lowest BCUT2D eigenvalue weighted by atomic mass is 10.1. The van der Waals surface area contributed by atoms with Crippen molar-refractivity contribution in [3.05, 3.63) is 76.3 Å². The zero-order valence-electron chi connectivity index (χ0n) is 12.5. The van der Waals surface area contributed by atoms with Gasteiger partial charge in [0.1, 0.15) is 0 Å². The molecule has 2 aromatic heterocycles. The standard InChI is InChI=1S/C18H16N2O3/c21-17-11-15(14-7-1-2-8-16(14)20-17)18(22)23-10-4-6-13-5-3-9-19-12-13/h1-3,5,7-9,11-12H,4,6,10H2,(H,20,21). The monoisotopic (exact) mass is 308 g/mol. The normalized spacial score (nSPS) is 10.6. The second-order valence-electron chi connectivity index (χ2n) is 5.19. The second-order valence-corrected chi connectivity index (χ2v) is 5.19. The average Bonchev–Trinajstić information content (AvgIpc) is 2.58. The average molecular weight is 308 g/mol. The zero-order chi connectivity index (χ0) is 16.1. The Morgan fingerprint density at radius 1 is 1.17 bits per heavy atom. The van der Waals surface area contributed by atoms with E-state index in [1.54, 1.807) is 30.6 Å². The van der Waals surface area contributed by atoms with Crippen LogP contribution in [0.25, 0.3) is 10.9 Å². The smallest absolute Gasteiger partial charge is 0.339 e. The lowest BCUT2D eigenvalue weighted by molar-refractivity contribution is 0.0502. The number of pyridine rings is 2. The van der Waals surface area contributed by atoms with Crippen molar-refractivity contribution in [2.24, 2.45) is 0 Å². The molecule has 3 rings (SSSR count). The summed E-state index contributed by atoms with van der Waals surface area (Å²) in [4.78, 5) is 30.6. The van der Waals surface area contributed by atoms with Crippen molar-refractivity contribution in [3.63, 3.8) is 0 Å². The molecule has 3 aromatic rings. The maximum Gasteiger partial charge on any atom is 0.339 e. The number of rotatable bonds is 5. The van der Waals surface area contributed by atoms with E-state index in [2.05, 4.69) is 9.97 Å². The third-order valence-electron chi connectivity index (χ3n) is 3.54. The van der Waals surface area contributed by atoms with Crippen LogP contribution in [0.4, 0.5) is 0 Å². The molecule has 2 heterocycles. The van der Waals surface area contributed by atoms with Gasteiger partial charge in [0.05, 0.1) is 12.2 Å². The van der Waals surface area contributed by atoms with Gasteiger partial charge in [0.2, 0.25) is 5.56 Å². The van der Waals surface area contributed by atoms with Gasteiger partial charge in [0, 0.05) is 29.4 Å². The van der Waals surface area contributed by atoms with Crippen molar-refractivity contribution in [2.75, 3.05) is 6.61 Å². The summed E-state index contributed by atoms with van der Waals surface area (Å²) in [7, 11) is 0.